The highest BCUT2D eigenvalue weighted by Crippen LogP contribution is 2.33. The lowest BCUT2D eigenvalue weighted by Gasteiger charge is -2.37. The number of hydrogen-bond acceptors (Lipinski definition) is 7. The molecule has 0 radical (unpaired) electrons. The molecule has 0 aliphatic carbocycles. The molecule has 0 fully saturated rings. The van der Waals surface area contributed by atoms with Crippen LogP contribution in [0.4, 0.5) is 26.2 Å². The van der Waals surface area contributed by atoms with E-state index in [0.29, 0.717) is 29.7 Å². The topological polar surface area (TPSA) is 97.2 Å². The maximum absolute atomic E-state index is 13.9. The number of hydrogen-bond donors (Lipinski definition) is 2. The maximum atomic E-state index is 13.9. The van der Waals surface area contributed by atoms with Crippen LogP contribution in [0.1, 0.15) is 23.7 Å². The number of amides is 1. The highest BCUT2D eigenvalue weighted by molar-refractivity contribution is 6.03. The van der Waals surface area contributed by atoms with Crippen LogP contribution in [0.2, 0.25) is 0 Å². The number of aryl methyl sites for hydroxylation is 1. The van der Waals surface area contributed by atoms with Crippen molar-refractivity contribution < 1.29 is 18.3 Å². The molecule has 1 amide bonds. The van der Waals surface area contributed by atoms with E-state index in [-0.39, 0.29) is 24.1 Å². The lowest BCUT2D eigenvalue weighted by atomic mass is 10.1. The quantitative estimate of drug-likeness (QED) is 0.563. The van der Waals surface area contributed by atoms with Gasteiger partial charge in [0.25, 0.3) is 0 Å². The average Bonchev–Trinajstić information content (AvgIpc) is 3.23. The largest absolute Gasteiger partial charge is 0.379 e. The van der Waals surface area contributed by atoms with Crippen molar-refractivity contribution in [3.63, 3.8) is 0 Å². The van der Waals surface area contributed by atoms with Crippen LogP contribution < -0.4 is 15.5 Å². The fraction of sp³-hybridized carbons (Fsp3) is 0.364. The first-order valence-electron chi connectivity index (χ1n) is 10.4. The molecular formula is C22H25F2N7O2. The van der Waals surface area contributed by atoms with Crippen molar-refractivity contribution in [3.8, 4) is 0 Å². The Morgan fingerprint density at radius 2 is 2.00 bits per heavy atom. The predicted octanol–water partition coefficient (Wildman–Crippen LogP) is 2.71. The molecule has 0 unspecified atom stereocenters. The molecule has 1 aromatic carbocycles. The number of methoxy groups -OCH3 is 1. The molecule has 9 nitrogen and oxygen atoms in total. The maximum Gasteiger partial charge on any atom is 0.249 e. The summed E-state index contributed by atoms with van der Waals surface area (Å²) in [7, 11) is 3.35. The third kappa shape index (κ3) is 4.49. The number of likely N-dealkylation sites (N-methyl/N-ethyl adjacent to an activating group) is 1. The van der Waals surface area contributed by atoms with Crippen molar-refractivity contribution in [2.45, 2.75) is 39.1 Å². The zero-order chi connectivity index (χ0) is 23.7. The number of carbonyl (C=O) groups excluding carboxylic acids is 1. The van der Waals surface area contributed by atoms with E-state index in [1.54, 1.807) is 38.4 Å². The number of ether oxygens (including phenoxy) is 1. The summed E-state index contributed by atoms with van der Waals surface area (Å²) in [6.45, 7) is 3.95. The van der Waals surface area contributed by atoms with Crippen LogP contribution >= 0.6 is 0 Å². The summed E-state index contributed by atoms with van der Waals surface area (Å²) >= 11 is 0. The van der Waals surface area contributed by atoms with Gasteiger partial charge in [-0.15, -0.1) is 0 Å². The Balaban J connectivity index is 1.49. The Labute approximate surface area is 189 Å². The van der Waals surface area contributed by atoms with E-state index in [1.807, 2.05) is 6.92 Å². The second kappa shape index (κ2) is 9.10. The molecule has 0 saturated heterocycles. The molecule has 3 aromatic rings. The number of nitrogens with zero attached hydrogens (tertiary/aromatic N) is 5. The van der Waals surface area contributed by atoms with Gasteiger partial charge in [0, 0.05) is 38.0 Å². The second-order valence-corrected chi connectivity index (χ2v) is 7.92. The van der Waals surface area contributed by atoms with Gasteiger partial charge in [-0.1, -0.05) is 6.07 Å². The Morgan fingerprint density at radius 1 is 1.27 bits per heavy atom. The number of benzene rings is 1. The normalized spacial score (nSPS) is 16.4. The van der Waals surface area contributed by atoms with E-state index in [4.69, 9.17) is 4.74 Å². The van der Waals surface area contributed by atoms with Crippen LogP contribution in [0.5, 0.6) is 0 Å². The average molecular weight is 457 g/mol. The third-order valence-corrected chi connectivity index (χ3v) is 5.67. The fourth-order valence-electron chi connectivity index (χ4n) is 3.81. The van der Waals surface area contributed by atoms with Crippen molar-refractivity contribution >= 4 is 23.4 Å². The van der Waals surface area contributed by atoms with Crippen LogP contribution in [0.15, 0.2) is 30.6 Å². The first-order chi connectivity index (χ1) is 15.8. The monoisotopic (exact) mass is 457 g/mol. The molecule has 174 valence electrons. The molecule has 4 rings (SSSR count). The minimum atomic E-state index is -0.611. The molecule has 0 spiro atoms. The summed E-state index contributed by atoms with van der Waals surface area (Å²) in [6.07, 6.45) is 2.98. The van der Waals surface area contributed by atoms with Crippen molar-refractivity contribution in [2.24, 2.45) is 0 Å². The highest BCUT2D eigenvalue weighted by atomic mass is 19.1. The third-order valence-electron chi connectivity index (χ3n) is 5.67. The predicted molar refractivity (Wildman–Crippen MR) is 119 cm³/mol. The van der Waals surface area contributed by atoms with E-state index in [0.717, 1.165) is 5.56 Å². The van der Waals surface area contributed by atoms with E-state index >= 15 is 0 Å². The van der Waals surface area contributed by atoms with Gasteiger partial charge in [0.15, 0.2) is 5.82 Å². The van der Waals surface area contributed by atoms with Crippen molar-refractivity contribution in [3.05, 3.63) is 59.0 Å². The number of halogens is 2. The molecule has 1 aliphatic heterocycles. The van der Waals surface area contributed by atoms with Crippen LogP contribution in [0.3, 0.4) is 0 Å². The SMILES string of the molecule is CO[C@H](C)[C@H]1C(=O)Nc2c(C)nc(NCc3cnn(Cc4c(F)cccc4F)c3)nc2N1C. The number of aromatic nitrogens is 4. The van der Waals surface area contributed by atoms with Gasteiger partial charge < -0.3 is 20.3 Å². The summed E-state index contributed by atoms with van der Waals surface area (Å²) in [5.41, 5.74) is 1.93. The molecule has 3 heterocycles. The molecular weight excluding hydrogens is 432 g/mol. The number of anilines is 3. The van der Waals surface area contributed by atoms with Gasteiger partial charge >= 0.3 is 0 Å². The van der Waals surface area contributed by atoms with Crippen LogP contribution in [-0.2, 0) is 22.6 Å². The zero-order valence-electron chi connectivity index (χ0n) is 18.8. The van der Waals surface area contributed by atoms with E-state index in [2.05, 4.69) is 25.7 Å². The van der Waals surface area contributed by atoms with Gasteiger partial charge in [-0.25, -0.2) is 13.8 Å². The molecule has 1 aliphatic rings. The minimum Gasteiger partial charge on any atom is -0.379 e. The van der Waals surface area contributed by atoms with Crippen molar-refractivity contribution in [1.82, 2.24) is 19.7 Å². The van der Waals surface area contributed by atoms with Gasteiger partial charge in [0.2, 0.25) is 11.9 Å². The standard InChI is InChI=1S/C22H25F2N7O2/c1-12-18-20(30(3)19(13(2)33-4)21(32)28-18)29-22(27-12)25-8-14-9-26-31(10-14)11-15-16(23)6-5-7-17(15)24/h5-7,9-10,13,19H,8,11H2,1-4H3,(H,28,32)(H,25,27,29)/t13-,19+/m1/s1. The first kappa shape index (κ1) is 22.6. The molecule has 2 atom stereocenters. The number of carbonyl (C=O) groups is 1. The van der Waals surface area contributed by atoms with E-state index in [9.17, 15) is 13.6 Å². The van der Waals surface area contributed by atoms with Crippen LogP contribution in [-0.4, -0.2) is 52.0 Å². The van der Waals surface area contributed by atoms with Gasteiger partial charge in [-0.2, -0.15) is 10.1 Å². The van der Waals surface area contributed by atoms with Crippen molar-refractivity contribution in [1.29, 1.82) is 0 Å². The Bertz CT molecular complexity index is 1160. The van der Waals surface area contributed by atoms with E-state index < -0.39 is 17.7 Å². The first-order valence-corrected chi connectivity index (χ1v) is 10.4. The van der Waals surface area contributed by atoms with Gasteiger partial charge in [0.1, 0.15) is 23.4 Å². The van der Waals surface area contributed by atoms with Gasteiger partial charge in [-0.05, 0) is 26.0 Å². The Hall–Kier alpha value is -3.60. The molecule has 0 bridgehead atoms. The highest BCUT2D eigenvalue weighted by Gasteiger charge is 2.37. The smallest absolute Gasteiger partial charge is 0.249 e. The van der Waals surface area contributed by atoms with Crippen LogP contribution in [0, 0.1) is 18.6 Å². The molecule has 0 saturated carbocycles. The lowest BCUT2D eigenvalue weighted by Crippen LogP contribution is -2.53. The molecule has 33 heavy (non-hydrogen) atoms. The summed E-state index contributed by atoms with van der Waals surface area (Å²) in [4.78, 5) is 23.3. The van der Waals surface area contributed by atoms with Crippen molar-refractivity contribution in [2.75, 3.05) is 29.7 Å². The minimum absolute atomic E-state index is 0.0173. The summed E-state index contributed by atoms with van der Waals surface area (Å²) < 4.78 is 34.6. The number of nitrogens with one attached hydrogen (secondary N) is 2. The molecule has 11 heteroatoms. The number of rotatable bonds is 7. The van der Waals surface area contributed by atoms with Gasteiger partial charge in [-0.3, -0.25) is 9.48 Å². The molecule has 2 N–H and O–H groups in total. The molecule has 2 aromatic heterocycles. The Kier molecular flexibility index (Phi) is 6.23. The second-order valence-electron chi connectivity index (χ2n) is 7.92. The fourth-order valence-corrected chi connectivity index (χ4v) is 3.81. The summed E-state index contributed by atoms with van der Waals surface area (Å²) in [5.74, 6) is -0.429. The number of fused-ring (bicyclic) bond motifs is 1. The van der Waals surface area contributed by atoms with Crippen LogP contribution in [0.25, 0.3) is 0 Å². The zero-order valence-corrected chi connectivity index (χ0v) is 18.8. The summed E-state index contributed by atoms with van der Waals surface area (Å²) in [5, 5.41) is 10.2. The van der Waals surface area contributed by atoms with Gasteiger partial charge in [0.05, 0.1) is 24.5 Å². The van der Waals surface area contributed by atoms with E-state index in [1.165, 1.54) is 22.9 Å². The summed E-state index contributed by atoms with van der Waals surface area (Å²) in [6, 6.07) is 3.24. The Morgan fingerprint density at radius 3 is 2.70 bits per heavy atom. The lowest BCUT2D eigenvalue weighted by molar-refractivity contribution is -0.120.